The van der Waals surface area contributed by atoms with Gasteiger partial charge < -0.3 is 9.32 Å². The molecule has 0 atom stereocenters. The molecular formula is C23H24ClN2O3+. The lowest BCUT2D eigenvalue weighted by Gasteiger charge is -2.26. The van der Waals surface area contributed by atoms with E-state index >= 15 is 0 Å². The molecule has 0 spiro atoms. The van der Waals surface area contributed by atoms with E-state index in [4.69, 9.17) is 16.0 Å². The molecule has 1 aliphatic heterocycles. The third kappa shape index (κ3) is 4.36. The maximum absolute atomic E-state index is 13.2. The van der Waals surface area contributed by atoms with Gasteiger partial charge in [-0.25, -0.2) is 0 Å². The van der Waals surface area contributed by atoms with Crippen LogP contribution in [0.5, 0.6) is 0 Å². The summed E-state index contributed by atoms with van der Waals surface area (Å²) >= 11 is 6.00. The van der Waals surface area contributed by atoms with Crippen LogP contribution in [0.1, 0.15) is 19.8 Å². The van der Waals surface area contributed by atoms with E-state index in [9.17, 15) is 9.59 Å². The fraction of sp³-hybridized carbons (Fsp3) is 0.304. The molecule has 1 aliphatic rings. The summed E-state index contributed by atoms with van der Waals surface area (Å²) < 4.78 is 5.96. The average molecular weight is 412 g/mol. The van der Waals surface area contributed by atoms with E-state index in [1.54, 1.807) is 48.5 Å². The van der Waals surface area contributed by atoms with Crippen molar-refractivity contribution >= 4 is 34.4 Å². The summed E-state index contributed by atoms with van der Waals surface area (Å²) in [7, 11) is 0. The topological polar surface area (TPSA) is 63.8 Å². The fourth-order valence-electron chi connectivity index (χ4n) is 3.85. The van der Waals surface area contributed by atoms with Crippen molar-refractivity contribution in [1.29, 1.82) is 0 Å². The number of quaternary nitrogens is 1. The molecule has 29 heavy (non-hydrogen) atoms. The number of benzene rings is 2. The summed E-state index contributed by atoms with van der Waals surface area (Å²) in [5.41, 5.74) is 1.27. The first-order valence-corrected chi connectivity index (χ1v) is 10.3. The molecule has 150 valence electrons. The Morgan fingerprint density at radius 2 is 1.83 bits per heavy atom. The second kappa shape index (κ2) is 8.39. The maximum atomic E-state index is 13.2. The summed E-state index contributed by atoms with van der Waals surface area (Å²) in [6.07, 6.45) is 2.26. The summed E-state index contributed by atoms with van der Waals surface area (Å²) in [6, 6.07) is 14.0. The van der Waals surface area contributed by atoms with Gasteiger partial charge in [-0.05, 0) is 48.6 Å². The minimum atomic E-state index is -0.177. The van der Waals surface area contributed by atoms with Crippen LogP contribution < -0.4 is 15.6 Å². The molecule has 1 amide bonds. The van der Waals surface area contributed by atoms with Crippen molar-refractivity contribution in [3.05, 3.63) is 63.8 Å². The third-order valence-corrected chi connectivity index (χ3v) is 5.83. The number of hydrogen-bond acceptors (Lipinski definition) is 3. The molecule has 2 heterocycles. The molecular weight excluding hydrogens is 388 g/mol. The number of fused-ring (bicyclic) bond motifs is 1. The first-order valence-electron chi connectivity index (χ1n) is 9.96. The molecule has 0 aliphatic carbocycles. The zero-order valence-corrected chi connectivity index (χ0v) is 17.1. The molecule has 5 nitrogen and oxygen atoms in total. The van der Waals surface area contributed by atoms with Crippen molar-refractivity contribution in [2.24, 2.45) is 5.92 Å². The minimum absolute atomic E-state index is 0.150. The van der Waals surface area contributed by atoms with E-state index in [-0.39, 0.29) is 17.2 Å². The Balaban J connectivity index is 1.68. The number of nitrogens with one attached hydrogen (secondary N) is 2. The number of halogens is 1. The molecule has 4 rings (SSSR count). The van der Waals surface area contributed by atoms with Crippen LogP contribution in [0, 0.1) is 5.92 Å². The molecule has 2 aromatic carbocycles. The Morgan fingerprint density at radius 3 is 2.55 bits per heavy atom. The van der Waals surface area contributed by atoms with Crippen LogP contribution in [-0.4, -0.2) is 25.5 Å². The molecule has 0 unspecified atom stereocenters. The minimum Gasteiger partial charge on any atom is -0.439 e. The van der Waals surface area contributed by atoms with Gasteiger partial charge in [-0.15, -0.1) is 0 Å². The van der Waals surface area contributed by atoms with Gasteiger partial charge in [0, 0.05) is 5.02 Å². The summed E-state index contributed by atoms with van der Waals surface area (Å²) in [6.45, 7) is 4.59. The number of likely N-dealkylation sites (tertiary alicyclic amines) is 1. The van der Waals surface area contributed by atoms with Gasteiger partial charge in [0.1, 0.15) is 5.58 Å². The molecule has 1 aromatic heterocycles. The Bertz CT molecular complexity index is 1080. The maximum Gasteiger partial charge on any atom is 0.281 e. The van der Waals surface area contributed by atoms with Crippen LogP contribution in [0.15, 0.2) is 57.7 Å². The van der Waals surface area contributed by atoms with Crippen LogP contribution in [-0.2, 0) is 4.79 Å². The second-order valence-electron chi connectivity index (χ2n) is 7.80. The Labute approximate surface area is 174 Å². The van der Waals surface area contributed by atoms with Crippen molar-refractivity contribution < 1.29 is 14.1 Å². The van der Waals surface area contributed by atoms with Crippen LogP contribution in [0.25, 0.3) is 22.1 Å². The summed E-state index contributed by atoms with van der Waals surface area (Å²) in [5, 5.41) is 3.91. The van der Waals surface area contributed by atoms with Gasteiger partial charge in [-0.2, -0.15) is 0 Å². The van der Waals surface area contributed by atoms with Gasteiger partial charge in [0.05, 0.1) is 24.0 Å². The SMILES string of the molecule is CC1CC[NH+](CC(=O)Nc2oc3ccccc3c(=O)c2-c2ccc(Cl)cc2)CC1. The Morgan fingerprint density at radius 1 is 1.14 bits per heavy atom. The first kappa shape index (κ1) is 19.7. The van der Waals surface area contributed by atoms with Crippen molar-refractivity contribution in [3.8, 4) is 11.1 Å². The van der Waals surface area contributed by atoms with Crippen LogP contribution in [0.4, 0.5) is 5.88 Å². The largest absolute Gasteiger partial charge is 0.439 e. The van der Waals surface area contributed by atoms with Crippen molar-refractivity contribution in [3.63, 3.8) is 0 Å². The zero-order valence-electron chi connectivity index (χ0n) is 16.3. The van der Waals surface area contributed by atoms with E-state index in [1.807, 2.05) is 0 Å². The Hall–Kier alpha value is -2.63. The summed E-state index contributed by atoms with van der Waals surface area (Å²) in [5.74, 6) is 0.755. The van der Waals surface area contributed by atoms with E-state index in [2.05, 4.69) is 12.2 Å². The average Bonchev–Trinajstić information content (AvgIpc) is 2.71. The number of piperidine rings is 1. The lowest BCUT2D eigenvalue weighted by molar-refractivity contribution is -0.897. The number of hydrogen-bond donors (Lipinski definition) is 2. The van der Waals surface area contributed by atoms with E-state index in [0.29, 0.717) is 33.7 Å². The van der Waals surface area contributed by atoms with Crippen LogP contribution >= 0.6 is 11.6 Å². The van der Waals surface area contributed by atoms with E-state index < -0.39 is 0 Å². The highest BCUT2D eigenvalue weighted by molar-refractivity contribution is 6.30. The van der Waals surface area contributed by atoms with Gasteiger partial charge in [-0.1, -0.05) is 42.8 Å². The van der Waals surface area contributed by atoms with Crippen LogP contribution in [0.2, 0.25) is 5.02 Å². The predicted octanol–water partition coefficient (Wildman–Crippen LogP) is 3.37. The number of amides is 1. The molecule has 6 heteroatoms. The highest BCUT2D eigenvalue weighted by Crippen LogP contribution is 2.29. The quantitative estimate of drug-likeness (QED) is 0.691. The third-order valence-electron chi connectivity index (χ3n) is 5.58. The van der Waals surface area contributed by atoms with Gasteiger partial charge in [0.25, 0.3) is 5.91 Å². The molecule has 0 bridgehead atoms. The van der Waals surface area contributed by atoms with Crippen LogP contribution in [0.3, 0.4) is 0 Å². The molecule has 1 fully saturated rings. The molecule has 1 saturated heterocycles. The lowest BCUT2D eigenvalue weighted by Crippen LogP contribution is -3.14. The monoisotopic (exact) mass is 411 g/mol. The number of rotatable bonds is 4. The van der Waals surface area contributed by atoms with E-state index in [0.717, 1.165) is 31.8 Å². The van der Waals surface area contributed by atoms with Crippen molar-refractivity contribution in [2.75, 3.05) is 25.0 Å². The number of carbonyl (C=O) groups is 1. The van der Waals surface area contributed by atoms with Gasteiger partial charge in [0.15, 0.2) is 6.54 Å². The molecule has 0 saturated carbocycles. The summed E-state index contributed by atoms with van der Waals surface area (Å²) in [4.78, 5) is 27.2. The number of anilines is 1. The van der Waals surface area contributed by atoms with Gasteiger partial charge in [-0.3, -0.25) is 14.9 Å². The molecule has 0 radical (unpaired) electrons. The zero-order chi connectivity index (χ0) is 20.4. The predicted molar refractivity (Wildman–Crippen MR) is 116 cm³/mol. The Kier molecular flexibility index (Phi) is 5.69. The highest BCUT2D eigenvalue weighted by Gasteiger charge is 2.23. The molecule has 3 aromatic rings. The normalized spacial score (nSPS) is 19.2. The number of carbonyl (C=O) groups excluding carboxylic acids is 1. The van der Waals surface area contributed by atoms with Crippen molar-refractivity contribution in [1.82, 2.24) is 0 Å². The lowest BCUT2D eigenvalue weighted by atomic mass is 9.99. The second-order valence-corrected chi connectivity index (χ2v) is 8.23. The smallest absolute Gasteiger partial charge is 0.281 e. The number of para-hydroxylation sites is 1. The molecule has 2 N–H and O–H groups in total. The standard InChI is InChI=1S/C23H23ClN2O3/c1-15-10-12-26(13-11-15)14-20(27)25-23-21(16-6-8-17(24)9-7-16)22(28)18-4-2-3-5-19(18)29-23/h2-9,15H,10-14H2,1H3,(H,25,27)/p+1. The van der Waals surface area contributed by atoms with E-state index in [1.165, 1.54) is 4.90 Å². The van der Waals surface area contributed by atoms with Gasteiger partial charge in [0.2, 0.25) is 11.3 Å². The van der Waals surface area contributed by atoms with Crippen molar-refractivity contribution in [2.45, 2.75) is 19.8 Å². The van der Waals surface area contributed by atoms with Gasteiger partial charge >= 0.3 is 0 Å². The first-order chi connectivity index (χ1) is 14.0. The highest BCUT2D eigenvalue weighted by atomic mass is 35.5. The fourth-order valence-corrected chi connectivity index (χ4v) is 3.98.